The number of quaternary nitrogens is 1. The first-order valence-corrected chi connectivity index (χ1v) is 27.1. The summed E-state index contributed by atoms with van der Waals surface area (Å²) in [4.78, 5) is 37.0. The largest absolute Gasteiger partial charge is 0.477 e. The van der Waals surface area contributed by atoms with Gasteiger partial charge >= 0.3 is 17.9 Å². The minimum Gasteiger partial charge on any atom is -0.477 e. The first-order chi connectivity index (χ1) is 33.6. The Morgan fingerprint density at radius 3 is 1.23 bits per heavy atom. The van der Waals surface area contributed by atoms with Crippen LogP contribution in [0.15, 0.2) is 109 Å². The van der Waals surface area contributed by atoms with Crippen molar-refractivity contribution in [3.8, 4) is 0 Å². The van der Waals surface area contributed by atoms with Gasteiger partial charge in [0.25, 0.3) is 6.29 Å². The zero-order chi connectivity index (χ0) is 50.6. The lowest BCUT2D eigenvalue weighted by Gasteiger charge is -2.25. The fraction of sp³-hybridized carbons (Fsp3) is 0.650. The number of unbranched alkanes of at least 4 members (excludes halogenated alkanes) is 15. The molecule has 0 bridgehead atoms. The van der Waals surface area contributed by atoms with Gasteiger partial charge in [-0.3, -0.25) is 9.59 Å². The molecule has 2 unspecified atom stereocenters. The summed E-state index contributed by atoms with van der Waals surface area (Å²) >= 11 is 0. The van der Waals surface area contributed by atoms with Gasteiger partial charge in [0.2, 0.25) is 0 Å². The number of carbonyl (C=O) groups excluding carboxylic acids is 2. The van der Waals surface area contributed by atoms with Crippen LogP contribution in [0.5, 0.6) is 0 Å². The molecule has 2 atom stereocenters. The minimum absolute atomic E-state index is 0.182. The molecule has 9 nitrogen and oxygen atoms in total. The Kier molecular flexibility index (Phi) is 47.4. The highest BCUT2D eigenvalue weighted by molar-refractivity contribution is 5.71. The second-order valence-electron chi connectivity index (χ2n) is 18.8. The fourth-order valence-electron chi connectivity index (χ4n) is 6.89. The summed E-state index contributed by atoms with van der Waals surface area (Å²) in [5, 5.41) is 9.63. The number of rotatable bonds is 48. The van der Waals surface area contributed by atoms with Crippen molar-refractivity contribution in [3.63, 3.8) is 0 Å². The van der Waals surface area contributed by atoms with E-state index in [-0.39, 0.29) is 32.2 Å². The summed E-state index contributed by atoms with van der Waals surface area (Å²) in [5.41, 5.74) is 0. The maximum absolute atomic E-state index is 12.8. The van der Waals surface area contributed by atoms with Crippen LogP contribution in [0.2, 0.25) is 0 Å². The average molecular weight is 963 g/mol. The highest BCUT2D eigenvalue weighted by Gasteiger charge is 2.25. The zero-order valence-corrected chi connectivity index (χ0v) is 44.4. The van der Waals surface area contributed by atoms with Crippen molar-refractivity contribution >= 4 is 17.9 Å². The number of likely N-dealkylation sites (N-methyl/N-ethyl adjacent to an activating group) is 1. The van der Waals surface area contributed by atoms with Crippen molar-refractivity contribution in [2.24, 2.45) is 0 Å². The highest BCUT2D eigenvalue weighted by Crippen LogP contribution is 2.14. The number of carbonyl (C=O) groups is 3. The molecular weight excluding hydrogens is 863 g/mol. The number of carboxylic acids is 1. The predicted molar refractivity (Wildman–Crippen MR) is 290 cm³/mol. The van der Waals surface area contributed by atoms with Crippen LogP contribution in [-0.2, 0) is 33.3 Å². The molecule has 69 heavy (non-hydrogen) atoms. The quantitative estimate of drug-likeness (QED) is 0.0211. The summed E-state index contributed by atoms with van der Waals surface area (Å²) in [7, 11) is 5.94. The number of hydrogen-bond donors (Lipinski definition) is 1. The van der Waals surface area contributed by atoms with Gasteiger partial charge in [-0.1, -0.05) is 207 Å². The summed E-state index contributed by atoms with van der Waals surface area (Å²) in [6.07, 6.45) is 66.3. The molecule has 0 radical (unpaired) electrons. The molecule has 0 saturated carbocycles. The van der Waals surface area contributed by atoms with E-state index in [1.54, 1.807) is 0 Å². The van der Waals surface area contributed by atoms with Crippen LogP contribution in [-0.4, -0.2) is 87.4 Å². The van der Waals surface area contributed by atoms with Crippen LogP contribution in [0.25, 0.3) is 0 Å². The van der Waals surface area contributed by atoms with E-state index in [1.807, 2.05) is 21.1 Å². The molecule has 0 spiro atoms. The van der Waals surface area contributed by atoms with Crippen LogP contribution < -0.4 is 0 Å². The maximum atomic E-state index is 12.8. The van der Waals surface area contributed by atoms with Gasteiger partial charge in [0.1, 0.15) is 13.2 Å². The summed E-state index contributed by atoms with van der Waals surface area (Å²) in [6, 6.07) is 0. The van der Waals surface area contributed by atoms with Gasteiger partial charge in [0.15, 0.2) is 6.10 Å². The van der Waals surface area contributed by atoms with Gasteiger partial charge in [-0.25, -0.2) is 4.79 Å². The van der Waals surface area contributed by atoms with Gasteiger partial charge in [0, 0.05) is 12.8 Å². The highest BCUT2D eigenvalue weighted by atomic mass is 16.7. The number of allylic oxidation sites excluding steroid dienone is 18. The second kappa shape index (κ2) is 50.3. The average Bonchev–Trinajstić information content (AvgIpc) is 3.31. The van der Waals surface area contributed by atoms with Crippen molar-refractivity contribution < 1.29 is 42.9 Å². The van der Waals surface area contributed by atoms with E-state index in [0.717, 1.165) is 103 Å². The van der Waals surface area contributed by atoms with Crippen LogP contribution in [0.3, 0.4) is 0 Å². The SMILES string of the molecule is CC/C=C\C/C=C\C/C=C\C/C=C\C/C=C\C/C=C\C/C=C\C/C=C\C/C=C\CCCCCCCCCCCC(=O)OC(COC(=O)CCCCCCCCC)COC(OCC[N+](C)(C)C)C(=O)O. The number of esters is 2. The molecule has 9 heteroatoms. The Morgan fingerprint density at radius 2 is 0.826 bits per heavy atom. The monoisotopic (exact) mass is 963 g/mol. The molecular formula is C60H100NO8+. The van der Waals surface area contributed by atoms with E-state index in [9.17, 15) is 19.5 Å². The molecule has 0 saturated heterocycles. The molecule has 0 aliphatic heterocycles. The van der Waals surface area contributed by atoms with E-state index >= 15 is 0 Å². The second-order valence-corrected chi connectivity index (χ2v) is 18.8. The molecule has 1 N–H and O–H groups in total. The smallest absolute Gasteiger partial charge is 0.361 e. The lowest BCUT2D eigenvalue weighted by molar-refractivity contribution is -0.870. The number of aliphatic carboxylic acids is 1. The maximum Gasteiger partial charge on any atom is 0.361 e. The van der Waals surface area contributed by atoms with Crippen molar-refractivity contribution in [2.45, 2.75) is 206 Å². The van der Waals surface area contributed by atoms with Crippen molar-refractivity contribution in [1.82, 2.24) is 0 Å². The number of ether oxygens (including phenoxy) is 4. The summed E-state index contributed by atoms with van der Waals surface area (Å²) < 4.78 is 22.7. The van der Waals surface area contributed by atoms with Crippen LogP contribution >= 0.6 is 0 Å². The minimum atomic E-state index is -1.51. The third-order valence-corrected chi connectivity index (χ3v) is 11.0. The van der Waals surface area contributed by atoms with E-state index in [2.05, 4.69) is 123 Å². The van der Waals surface area contributed by atoms with Crippen LogP contribution in [0.1, 0.15) is 194 Å². The van der Waals surface area contributed by atoms with E-state index < -0.39 is 24.3 Å². The van der Waals surface area contributed by atoms with E-state index in [4.69, 9.17) is 18.9 Å². The molecule has 392 valence electrons. The molecule has 0 aliphatic carbocycles. The molecule has 0 aromatic rings. The normalized spacial score (nSPS) is 13.7. The van der Waals surface area contributed by atoms with Crippen LogP contribution in [0.4, 0.5) is 0 Å². The first-order valence-electron chi connectivity index (χ1n) is 27.1. The molecule has 0 aromatic heterocycles. The van der Waals surface area contributed by atoms with Crippen molar-refractivity contribution in [1.29, 1.82) is 0 Å². The lowest BCUT2D eigenvalue weighted by atomic mass is 10.1. The third-order valence-electron chi connectivity index (χ3n) is 11.0. The van der Waals surface area contributed by atoms with Gasteiger partial charge in [-0.15, -0.1) is 0 Å². The molecule has 0 heterocycles. The standard InChI is InChI=1S/C60H99NO8/c1-6-8-10-12-14-15-16-17-18-19-20-21-22-23-24-25-26-27-28-29-30-31-32-33-34-35-36-37-38-39-40-41-42-43-45-47-49-51-58(63)69-56(54-67-57(62)50-48-46-44-13-11-9-7-2)55-68-60(59(64)65)66-53-52-61(3,4)5/h8,10,14-15,17-18,20-21,23-24,26-27,29-30,32-33,35-36,56,60H,6-7,9,11-13,16,19,22,25,28,31,34,37-55H2,1-5H3/p+1/b10-8-,15-14-,18-17-,21-20-,24-23-,27-26-,30-29-,33-32-,36-35-. The van der Waals surface area contributed by atoms with Crippen LogP contribution in [0, 0.1) is 0 Å². The molecule has 0 rings (SSSR count). The third kappa shape index (κ3) is 51.6. The Balaban J connectivity index is 4.09. The van der Waals surface area contributed by atoms with Gasteiger partial charge in [-0.2, -0.15) is 0 Å². The number of nitrogens with zero attached hydrogens (tertiary/aromatic N) is 1. The fourth-order valence-corrected chi connectivity index (χ4v) is 6.89. The van der Waals surface area contributed by atoms with Gasteiger partial charge < -0.3 is 28.5 Å². The lowest BCUT2D eigenvalue weighted by Crippen LogP contribution is -2.40. The van der Waals surface area contributed by atoms with E-state index in [0.29, 0.717) is 23.9 Å². The Hall–Kier alpha value is -4.05. The molecule has 0 aliphatic rings. The molecule has 0 amide bonds. The van der Waals surface area contributed by atoms with Crippen molar-refractivity contribution in [3.05, 3.63) is 109 Å². The Labute approximate surface area is 422 Å². The molecule has 0 aromatic carbocycles. The van der Waals surface area contributed by atoms with Crippen molar-refractivity contribution in [2.75, 3.05) is 47.5 Å². The topological polar surface area (TPSA) is 108 Å². The summed E-state index contributed by atoms with van der Waals surface area (Å²) in [6.45, 7) is 4.68. The van der Waals surface area contributed by atoms with Gasteiger partial charge in [0.05, 0.1) is 34.4 Å². The summed E-state index contributed by atoms with van der Waals surface area (Å²) in [5.74, 6) is -2.03. The zero-order valence-electron chi connectivity index (χ0n) is 44.4. The van der Waals surface area contributed by atoms with Gasteiger partial charge in [-0.05, 0) is 83.5 Å². The Morgan fingerprint density at radius 1 is 0.449 bits per heavy atom. The first kappa shape index (κ1) is 65.0. The van der Waals surface area contributed by atoms with E-state index in [1.165, 1.54) is 57.8 Å². The number of carboxylic acid groups (broad SMARTS) is 1. The Bertz CT molecular complexity index is 1490. The number of hydrogen-bond acceptors (Lipinski definition) is 7. The predicted octanol–water partition coefficient (Wildman–Crippen LogP) is 15.6. The molecule has 0 fully saturated rings.